The summed E-state index contributed by atoms with van der Waals surface area (Å²) in [5, 5.41) is 5.11. The largest absolute Gasteiger partial charge is 0.355 e. The Kier molecular flexibility index (Phi) is 3.91. The molecule has 0 radical (unpaired) electrons. The number of benzene rings is 2. The molecule has 0 heterocycles. The second-order valence-corrected chi connectivity index (χ2v) is 8.20. The Labute approximate surface area is 130 Å². The molecule has 0 bridgehead atoms. The number of carbonyl (C=O) groups excluding carboxylic acids is 1. The fourth-order valence-corrected chi connectivity index (χ4v) is 3.37. The van der Waals surface area contributed by atoms with E-state index in [0.29, 0.717) is 0 Å². The molecule has 116 valence electrons. The van der Waals surface area contributed by atoms with Crippen molar-refractivity contribution in [2.45, 2.75) is 12.3 Å². The van der Waals surface area contributed by atoms with Gasteiger partial charge in [-0.15, -0.1) is 0 Å². The summed E-state index contributed by atoms with van der Waals surface area (Å²) >= 11 is 0. The van der Waals surface area contributed by atoms with Crippen LogP contribution in [0, 0.1) is 5.92 Å². The second-order valence-electron chi connectivity index (χ2n) is 5.94. The van der Waals surface area contributed by atoms with E-state index in [9.17, 15) is 13.2 Å². The van der Waals surface area contributed by atoms with Crippen LogP contribution in [0.25, 0.3) is 10.8 Å². The van der Waals surface area contributed by atoms with Crippen molar-refractivity contribution in [2.75, 3.05) is 18.6 Å². The zero-order valence-electron chi connectivity index (χ0n) is 12.5. The molecule has 2 aromatic carbocycles. The monoisotopic (exact) mass is 317 g/mol. The number of carbonyl (C=O) groups is 1. The minimum atomic E-state index is -3.03. The molecule has 0 aliphatic heterocycles. The standard InChI is InChI=1S/C17H19NO3S/c1-22(20,21)10-9-18-17(19)16-11-15(16)14-8-4-6-12-5-2-3-7-13(12)14/h2-8,15-16H,9-11H2,1H3,(H,18,19)/t15-,16+/m0/s1. The summed E-state index contributed by atoms with van der Waals surface area (Å²) in [7, 11) is -3.03. The van der Waals surface area contributed by atoms with Crippen LogP contribution in [0.15, 0.2) is 42.5 Å². The average Bonchev–Trinajstić information content (AvgIpc) is 3.25. The van der Waals surface area contributed by atoms with Gasteiger partial charge in [-0.1, -0.05) is 42.5 Å². The van der Waals surface area contributed by atoms with Crippen LogP contribution in [0.4, 0.5) is 0 Å². The molecule has 0 unspecified atom stereocenters. The topological polar surface area (TPSA) is 63.2 Å². The van der Waals surface area contributed by atoms with Crippen molar-refractivity contribution in [1.82, 2.24) is 5.32 Å². The lowest BCUT2D eigenvalue weighted by Crippen LogP contribution is -2.30. The third-order valence-corrected chi connectivity index (χ3v) is 5.07. The molecular weight excluding hydrogens is 298 g/mol. The normalized spacial score (nSPS) is 20.8. The van der Waals surface area contributed by atoms with Gasteiger partial charge in [0.15, 0.2) is 0 Å². The molecule has 1 aliphatic carbocycles. The molecule has 0 saturated heterocycles. The summed E-state index contributed by atoms with van der Waals surface area (Å²) in [5.74, 6) is 0.154. The lowest BCUT2D eigenvalue weighted by molar-refractivity contribution is -0.122. The summed E-state index contributed by atoms with van der Waals surface area (Å²) in [6.07, 6.45) is 2.01. The van der Waals surface area contributed by atoms with Gasteiger partial charge < -0.3 is 5.32 Å². The fourth-order valence-electron chi connectivity index (χ4n) is 2.89. The highest BCUT2D eigenvalue weighted by molar-refractivity contribution is 7.90. The first kappa shape index (κ1) is 15.0. The molecule has 1 amide bonds. The Bertz CT molecular complexity index is 808. The van der Waals surface area contributed by atoms with Crippen LogP contribution in [-0.4, -0.2) is 32.9 Å². The quantitative estimate of drug-likeness (QED) is 0.918. The van der Waals surface area contributed by atoms with E-state index in [1.807, 2.05) is 18.2 Å². The molecule has 1 N–H and O–H groups in total. The SMILES string of the molecule is CS(=O)(=O)CCNC(=O)[C@@H]1C[C@H]1c1cccc2ccccc12. The van der Waals surface area contributed by atoms with Gasteiger partial charge in [0.1, 0.15) is 9.84 Å². The molecule has 1 fully saturated rings. The van der Waals surface area contributed by atoms with Gasteiger partial charge in [0, 0.05) is 18.7 Å². The smallest absolute Gasteiger partial charge is 0.223 e. The highest BCUT2D eigenvalue weighted by Gasteiger charge is 2.44. The van der Waals surface area contributed by atoms with E-state index in [1.54, 1.807) is 0 Å². The third-order valence-electron chi connectivity index (χ3n) is 4.12. The van der Waals surface area contributed by atoms with E-state index < -0.39 is 9.84 Å². The molecule has 2 atom stereocenters. The van der Waals surface area contributed by atoms with Crippen LogP contribution < -0.4 is 5.32 Å². The summed E-state index contributed by atoms with van der Waals surface area (Å²) in [5.41, 5.74) is 1.21. The summed E-state index contributed by atoms with van der Waals surface area (Å²) in [6, 6.07) is 14.3. The zero-order valence-corrected chi connectivity index (χ0v) is 13.3. The highest BCUT2D eigenvalue weighted by Crippen LogP contribution is 2.49. The van der Waals surface area contributed by atoms with Crippen LogP contribution in [0.1, 0.15) is 17.9 Å². The number of sulfone groups is 1. The molecule has 5 heteroatoms. The van der Waals surface area contributed by atoms with Crippen molar-refractivity contribution < 1.29 is 13.2 Å². The Morgan fingerprint density at radius 1 is 1.18 bits per heavy atom. The summed E-state index contributed by atoms with van der Waals surface area (Å²) < 4.78 is 22.2. The number of fused-ring (bicyclic) bond motifs is 1. The molecule has 22 heavy (non-hydrogen) atoms. The van der Waals surface area contributed by atoms with Gasteiger partial charge in [-0.25, -0.2) is 8.42 Å². The van der Waals surface area contributed by atoms with E-state index in [4.69, 9.17) is 0 Å². The first-order valence-electron chi connectivity index (χ1n) is 7.39. The van der Waals surface area contributed by atoms with E-state index in [1.165, 1.54) is 22.6 Å². The lowest BCUT2D eigenvalue weighted by Gasteiger charge is -2.07. The number of nitrogens with one attached hydrogen (secondary N) is 1. The van der Waals surface area contributed by atoms with Crippen LogP contribution in [0.3, 0.4) is 0 Å². The highest BCUT2D eigenvalue weighted by atomic mass is 32.2. The maximum absolute atomic E-state index is 12.1. The maximum Gasteiger partial charge on any atom is 0.223 e. The Balaban J connectivity index is 1.67. The number of rotatable bonds is 5. The van der Waals surface area contributed by atoms with Gasteiger partial charge >= 0.3 is 0 Å². The molecule has 0 aromatic heterocycles. The van der Waals surface area contributed by atoms with Gasteiger partial charge in [-0.2, -0.15) is 0 Å². The molecule has 2 aromatic rings. The molecular formula is C17H19NO3S. The van der Waals surface area contributed by atoms with Gasteiger partial charge in [0.2, 0.25) is 5.91 Å². The first-order valence-corrected chi connectivity index (χ1v) is 9.45. The van der Waals surface area contributed by atoms with Crippen molar-refractivity contribution in [3.05, 3.63) is 48.0 Å². The predicted molar refractivity (Wildman–Crippen MR) is 87.5 cm³/mol. The van der Waals surface area contributed by atoms with Crippen LogP contribution in [-0.2, 0) is 14.6 Å². The van der Waals surface area contributed by atoms with Gasteiger partial charge in [-0.05, 0) is 28.7 Å². The van der Waals surface area contributed by atoms with Crippen molar-refractivity contribution in [2.24, 2.45) is 5.92 Å². The maximum atomic E-state index is 12.1. The molecule has 1 aliphatic rings. The lowest BCUT2D eigenvalue weighted by atomic mass is 10.00. The van der Waals surface area contributed by atoms with Crippen molar-refractivity contribution in [1.29, 1.82) is 0 Å². The van der Waals surface area contributed by atoms with E-state index in [0.717, 1.165) is 6.42 Å². The van der Waals surface area contributed by atoms with Crippen LogP contribution in [0.5, 0.6) is 0 Å². The fraction of sp³-hybridized carbons (Fsp3) is 0.353. The summed E-state index contributed by atoms with van der Waals surface area (Å²) in [4.78, 5) is 12.1. The van der Waals surface area contributed by atoms with E-state index in [-0.39, 0.29) is 30.0 Å². The predicted octanol–water partition coefficient (Wildman–Crippen LogP) is 2.10. The number of hydrogen-bond donors (Lipinski definition) is 1. The molecule has 1 saturated carbocycles. The molecule has 4 nitrogen and oxygen atoms in total. The average molecular weight is 317 g/mol. The van der Waals surface area contributed by atoms with Gasteiger partial charge in [0.25, 0.3) is 0 Å². The third kappa shape index (κ3) is 3.30. The Hall–Kier alpha value is -1.88. The molecule has 3 rings (SSSR count). The van der Waals surface area contributed by atoms with Crippen molar-refractivity contribution in [3.63, 3.8) is 0 Å². The zero-order chi connectivity index (χ0) is 15.7. The minimum Gasteiger partial charge on any atom is -0.355 e. The second kappa shape index (κ2) is 5.72. The molecule has 0 spiro atoms. The Morgan fingerprint density at radius 3 is 2.68 bits per heavy atom. The van der Waals surface area contributed by atoms with Crippen LogP contribution in [0.2, 0.25) is 0 Å². The van der Waals surface area contributed by atoms with Gasteiger partial charge in [0.05, 0.1) is 5.75 Å². The minimum absolute atomic E-state index is 0.00953. The van der Waals surface area contributed by atoms with E-state index in [2.05, 4.69) is 29.6 Å². The van der Waals surface area contributed by atoms with Gasteiger partial charge in [-0.3, -0.25) is 4.79 Å². The number of hydrogen-bond acceptors (Lipinski definition) is 3. The summed E-state index contributed by atoms with van der Waals surface area (Å²) in [6.45, 7) is 0.191. The first-order chi connectivity index (χ1) is 10.5. The van der Waals surface area contributed by atoms with E-state index >= 15 is 0 Å². The Morgan fingerprint density at radius 2 is 1.91 bits per heavy atom. The van der Waals surface area contributed by atoms with Crippen molar-refractivity contribution in [3.8, 4) is 0 Å². The number of amides is 1. The van der Waals surface area contributed by atoms with Crippen molar-refractivity contribution >= 4 is 26.5 Å². The van der Waals surface area contributed by atoms with Crippen LogP contribution >= 0.6 is 0 Å².